The Morgan fingerprint density at radius 2 is 1.81 bits per heavy atom. The van der Waals surface area contributed by atoms with Crippen molar-refractivity contribution in [1.82, 2.24) is 5.43 Å². The molecule has 0 aliphatic rings. The minimum atomic E-state index is -0.494. The quantitative estimate of drug-likeness (QED) is 0.452. The van der Waals surface area contributed by atoms with E-state index in [9.17, 15) is 9.90 Å². The number of nitrogens with zero attached hydrogens (tertiary/aromatic N) is 1. The van der Waals surface area contributed by atoms with Gasteiger partial charge in [0.05, 0.1) is 11.8 Å². The molecular weight excluding hydrogens is 408 g/mol. The highest BCUT2D eigenvalue weighted by Gasteiger charge is 2.09. The highest BCUT2D eigenvalue weighted by atomic mass is 79.9. The van der Waals surface area contributed by atoms with E-state index in [2.05, 4.69) is 26.5 Å². The Hall–Kier alpha value is -3.12. The fourth-order valence-electron chi connectivity index (χ4n) is 2.37. The molecule has 0 aliphatic heterocycles. The lowest BCUT2D eigenvalue weighted by atomic mass is 10.2. The number of rotatable bonds is 6. The first-order chi connectivity index (χ1) is 13.1. The van der Waals surface area contributed by atoms with E-state index >= 15 is 0 Å². The molecule has 5 nitrogen and oxygen atoms in total. The summed E-state index contributed by atoms with van der Waals surface area (Å²) in [4.78, 5) is 12.1. The summed E-state index contributed by atoms with van der Waals surface area (Å²) >= 11 is 3.42. The first-order valence-electron chi connectivity index (χ1n) is 8.21. The fraction of sp³-hybridized carbons (Fsp3) is 0.0476. The molecule has 0 radical (unpaired) electrons. The van der Waals surface area contributed by atoms with Crippen molar-refractivity contribution >= 4 is 28.1 Å². The van der Waals surface area contributed by atoms with Crippen LogP contribution in [0.25, 0.3) is 0 Å². The topological polar surface area (TPSA) is 70.9 Å². The van der Waals surface area contributed by atoms with Gasteiger partial charge in [-0.05, 0) is 35.9 Å². The molecule has 3 aromatic rings. The Labute approximate surface area is 165 Å². The van der Waals surface area contributed by atoms with Crippen LogP contribution in [0.5, 0.6) is 11.5 Å². The minimum absolute atomic E-state index is 0.0976. The summed E-state index contributed by atoms with van der Waals surface area (Å²) in [5.41, 5.74) is 4.32. The van der Waals surface area contributed by atoms with Crippen LogP contribution in [0.15, 0.2) is 82.4 Å². The lowest BCUT2D eigenvalue weighted by molar-refractivity contribution is 0.0952. The number of carbonyl (C=O) groups is 1. The second-order valence-corrected chi connectivity index (χ2v) is 6.59. The van der Waals surface area contributed by atoms with Crippen molar-refractivity contribution in [2.75, 3.05) is 0 Å². The third-order valence-electron chi connectivity index (χ3n) is 3.73. The predicted molar refractivity (Wildman–Crippen MR) is 108 cm³/mol. The van der Waals surface area contributed by atoms with E-state index in [0.717, 1.165) is 10.0 Å². The average Bonchev–Trinajstić information content (AvgIpc) is 2.68. The van der Waals surface area contributed by atoms with Crippen LogP contribution in [0, 0.1) is 0 Å². The van der Waals surface area contributed by atoms with Crippen molar-refractivity contribution in [2.45, 2.75) is 6.61 Å². The Morgan fingerprint density at radius 3 is 2.59 bits per heavy atom. The molecule has 136 valence electrons. The minimum Gasteiger partial charge on any atom is -0.507 e. The van der Waals surface area contributed by atoms with Gasteiger partial charge in [-0.2, -0.15) is 5.10 Å². The zero-order valence-electron chi connectivity index (χ0n) is 14.3. The highest BCUT2D eigenvalue weighted by molar-refractivity contribution is 9.10. The number of phenols is 1. The molecule has 0 fully saturated rings. The molecule has 0 spiro atoms. The van der Waals surface area contributed by atoms with Crippen molar-refractivity contribution in [3.05, 3.63) is 94.0 Å². The van der Waals surface area contributed by atoms with E-state index in [1.54, 1.807) is 12.1 Å². The molecule has 6 heteroatoms. The van der Waals surface area contributed by atoms with E-state index in [1.807, 2.05) is 48.5 Å². The number of ether oxygens (including phenoxy) is 1. The van der Waals surface area contributed by atoms with Crippen LogP contribution < -0.4 is 10.2 Å². The van der Waals surface area contributed by atoms with E-state index in [0.29, 0.717) is 17.9 Å². The average molecular weight is 425 g/mol. The van der Waals surface area contributed by atoms with Crippen molar-refractivity contribution in [2.24, 2.45) is 5.10 Å². The molecule has 0 aliphatic carbocycles. The van der Waals surface area contributed by atoms with Crippen LogP contribution in [0.3, 0.4) is 0 Å². The molecule has 0 unspecified atom stereocenters. The zero-order valence-corrected chi connectivity index (χ0v) is 15.9. The van der Waals surface area contributed by atoms with Gasteiger partial charge in [-0.15, -0.1) is 0 Å². The zero-order chi connectivity index (χ0) is 19.1. The number of amides is 1. The Kier molecular flexibility index (Phi) is 6.22. The van der Waals surface area contributed by atoms with Gasteiger partial charge in [0.2, 0.25) is 0 Å². The van der Waals surface area contributed by atoms with Crippen molar-refractivity contribution in [1.29, 1.82) is 0 Å². The molecule has 3 aromatic carbocycles. The van der Waals surface area contributed by atoms with Crippen LogP contribution >= 0.6 is 15.9 Å². The van der Waals surface area contributed by atoms with Crippen LogP contribution in [-0.2, 0) is 6.61 Å². The number of carbonyl (C=O) groups excluding carboxylic acids is 1. The van der Waals surface area contributed by atoms with Gasteiger partial charge in [0.1, 0.15) is 18.1 Å². The normalized spacial score (nSPS) is 10.7. The maximum atomic E-state index is 12.1. The number of hydrogen-bond acceptors (Lipinski definition) is 4. The summed E-state index contributed by atoms with van der Waals surface area (Å²) in [5, 5.41) is 13.7. The van der Waals surface area contributed by atoms with Gasteiger partial charge < -0.3 is 9.84 Å². The van der Waals surface area contributed by atoms with Crippen molar-refractivity contribution in [3.8, 4) is 11.5 Å². The number of para-hydroxylation sites is 1. The summed E-state index contributed by atoms with van der Waals surface area (Å²) in [5.74, 6) is 0.0493. The first-order valence-corrected chi connectivity index (χ1v) is 9.00. The summed E-state index contributed by atoms with van der Waals surface area (Å²) < 4.78 is 6.74. The lowest BCUT2D eigenvalue weighted by Crippen LogP contribution is -2.17. The van der Waals surface area contributed by atoms with E-state index < -0.39 is 5.91 Å². The van der Waals surface area contributed by atoms with E-state index in [4.69, 9.17) is 4.74 Å². The third-order valence-corrected chi connectivity index (χ3v) is 4.22. The van der Waals surface area contributed by atoms with Gasteiger partial charge in [0, 0.05) is 10.0 Å². The Morgan fingerprint density at radius 1 is 1.07 bits per heavy atom. The summed E-state index contributed by atoms with van der Waals surface area (Å²) in [6.45, 7) is 0.424. The summed E-state index contributed by atoms with van der Waals surface area (Å²) in [6.07, 6.45) is 1.50. The van der Waals surface area contributed by atoms with E-state index in [1.165, 1.54) is 18.3 Å². The standard InChI is InChI=1S/C21H17BrN2O3/c22-17-10-11-20(27-14-15-6-2-1-3-7-15)16(12-17)13-23-24-21(26)18-8-4-5-9-19(18)25/h1-13,25H,14H2,(H,24,26)/b23-13+. The number of benzene rings is 3. The number of phenolic OH excluding ortho intramolecular Hbond substituents is 1. The maximum absolute atomic E-state index is 12.1. The molecule has 0 atom stereocenters. The van der Waals surface area contributed by atoms with Crippen molar-refractivity contribution < 1.29 is 14.6 Å². The van der Waals surface area contributed by atoms with Gasteiger partial charge in [-0.1, -0.05) is 58.4 Å². The molecule has 3 rings (SSSR count). The monoisotopic (exact) mass is 424 g/mol. The summed E-state index contributed by atoms with van der Waals surface area (Å²) in [7, 11) is 0. The fourth-order valence-corrected chi connectivity index (χ4v) is 2.75. The molecule has 0 saturated carbocycles. The summed E-state index contributed by atoms with van der Waals surface area (Å²) in [6, 6.07) is 21.7. The Bertz CT molecular complexity index is 959. The lowest BCUT2D eigenvalue weighted by Gasteiger charge is -2.10. The van der Waals surface area contributed by atoms with Gasteiger partial charge in [0.25, 0.3) is 5.91 Å². The van der Waals surface area contributed by atoms with Crippen LogP contribution in [-0.4, -0.2) is 17.2 Å². The van der Waals surface area contributed by atoms with Gasteiger partial charge in [0.15, 0.2) is 0 Å². The predicted octanol–water partition coefficient (Wildman–Crippen LogP) is 4.50. The molecule has 0 saturated heterocycles. The third kappa shape index (κ3) is 5.18. The second-order valence-electron chi connectivity index (χ2n) is 5.67. The van der Waals surface area contributed by atoms with Gasteiger partial charge in [-0.25, -0.2) is 5.43 Å². The second kappa shape index (κ2) is 9.00. The number of aromatic hydroxyl groups is 1. The number of hydrazone groups is 1. The first kappa shape index (κ1) is 18.7. The maximum Gasteiger partial charge on any atom is 0.275 e. The van der Waals surface area contributed by atoms with Crippen molar-refractivity contribution in [3.63, 3.8) is 0 Å². The Balaban J connectivity index is 1.70. The van der Waals surface area contributed by atoms with Crippen LogP contribution in [0.2, 0.25) is 0 Å². The van der Waals surface area contributed by atoms with Gasteiger partial charge in [-0.3, -0.25) is 4.79 Å². The van der Waals surface area contributed by atoms with Crippen LogP contribution in [0.1, 0.15) is 21.5 Å². The van der Waals surface area contributed by atoms with Crippen LogP contribution in [0.4, 0.5) is 0 Å². The van der Waals surface area contributed by atoms with Gasteiger partial charge >= 0.3 is 0 Å². The number of hydrogen-bond donors (Lipinski definition) is 2. The number of nitrogens with one attached hydrogen (secondary N) is 1. The van der Waals surface area contributed by atoms with E-state index in [-0.39, 0.29) is 11.3 Å². The molecule has 2 N–H and O–H groups in total. The molecule has 0 bridgehead atoms. The largest absolute Gasteiger partial charge is 0.507 e. The smallest absolute Gasteiger partial charge is 0.275 e. The molecular formula is C21H17BrN2O3. The molecule has 0 aromatic heterocycles. The number of halogens is 1. The molecule has 27 heavy (non-hydrogen) atoms. The molecule has 1 amide bonds. The molecule has 0 heterocycles. The highest BCUT2D eigenvalue weighted by Crippen LogP contribution is 2.23. The SMILES string of the molecule is O=C(N/N=C/c1cc(Br)ccc1OCc1ccccc1)c1ccccc1O.